The Kier molecular flexibility index (Phi) is 14.6. The van der Waals surface area contributed by atoms with Crippen molar-refractivity contribution in [3.8, 4) is 0 Å². The molecule has 0 spiro atoms. The summed E-state index contributed by atoms with van der Waals surface area (Å²) in [5, 5.41) is 0. The van der Waals surface area contributed by atoms with Gasteiger partial charge in [-0.1, -0.05) is 128 Å². The van der Waals surface area contributed by atoms with Gasteiger partial charge in [-0.3, -0.25) is 0 Å². The zero-order chi connectivity index (χ0) is 18.8. The van der Waals surface area contributed by atoms with Gasteiger partial charge in [-0.15, -0.1) is 0 Å². The molecule has 3 aliphatic carbocycles. The summed E-state index contributed by atoms with van der Waals surface area (Å²) in [5.41, 5.74) is 0. The monoisotopic (exact) mass is 375 g/mol. The average Bonchev–Trinajstić information content (AvgIpc) is 2.69. The summed E-state index contributed by atoms with van der Waals surface area (Å²) in [6.45, 7) is 0. The highest BCUT2D eigenvalue weighted by Gasteiger charge is 2.20. The van der Waals surface area contributed by atoms with Gasteiger partial charge in [-0.2, -0.15) is 0 Å². The number of rotatable bonds is 0. The van der Waals surface area contributed by atoms with E-state index >= 15 is 0 Å². The van der Waals surface area contributed by atoms with Gasteiger partial charge in [0, 0.05) is 0 Å². The summed E-state index contributed by atoms with van der Waals surface area (Å²) in [5.74, 6) is 3.00. The molecule has 1 radical (unpaired) electrons. The third-order valence-electron chi connectivity index (χ3n) is 7.45. The van der Waals surface area contributed by atoms with E-state index in [1.807, 2.05) is 5.92 Å². The molecular formula is C27H51. The lowest BCUT2D eigenvalue weighted by Crippen LogP contribution is -2.13. The van der Waals surface area contributed by atoms with E-state index in [-0.39, 0.29) is 0 Å². The Bertz CT molecular complexity index is 264. The first-order valence-electron chi connectivity index (χ1n) is 13.3. The van der Waals surface area contributed by atoms with Crippen LogP contribution in [-0.4, -0.2) is 0 Å². The van der Waals surface area contributed by atoms with E-state index in [1.165, 1.54) is 161 Å². The minimum Gasteiger partial charge on any atom is -0.0533 e. The molecule has 0 aromatic rings. The van der Waals surface area contributed by atoms with Crippen LogP contribution in [0, 0.1) is 11.8 Å². The SMILES string of the molecule is C1CCCCCCCCCC[C]2CCC(CCCCCCCCCC1)CC2. The van der Waals surface area contributed by atoms with Crippen LogP contribution in [0.2, 0.25) is 0 Å². The van der Waals surface area contributed by atoms with Gasteiger partial charge in [-0.05, 0) is 43.9 Å². The molecular weight excluding hydrogens is 324 g/mol. The van der Waals surface area contributed by atoms with E-state index in [0.717, 1.165) is 5.92 Å². The fourth-order valence-corrected chi connectivity index (χ4v) is 5.44. The Morgan fingerprint density at radius 2 is 0.630 bits per heavy atom. The van der Waals surface area contributed by atoms with Crippen LogP contribution in [-0.2, 0) is 0 Å². The summed E-state index contributed by atoms with van der Waals surface area (Å²) in [4.78, 5) is 0. The van der Waals surface area contributed by atoms with Gasteiger partial charge in [0.1, 0.15) is 0 Å². The highest BCUT2D eigenvalue weighted by atomic mass is 14.3. The summed E-state index contributed by atoms with van der Waals surface area (Å²) in [7, 11) is 0. The van der Waals surface area contributed by atoms with Crippen LogP contribution in [0.1, 0.15) is 161 Å². The first-order valence-corrected chi connectivity index (χ1v) is 13.3. The van der Waals surface area contributed by atoms with Gasteiger partial charge < -0.3 is 0 Å². The molecule has 0 saturated heterocycles. The molecule has 3 saturated carbocycles. The van der Waals surface area contributed by atoms with Crippen LogP contribution in [0.5, 0.6) is 0 Å². The second-order valence-electron chi connectivity index (χ2n) is 9.95. The topological polar surface area (TPSA) is 0 Å². The van der Waals surface area contributed by atoms with Gasteiger partial charge in [0.05, 0.1) is 0 Å². The molecule has 27 heavy (non-hydrogen) atoms. The summed E-state index contributed by atoms with van der Waals surface area (Å²) < 4.78 is 0. The maximum atomic E-state index is 1.93. The molecule has 0 N–H and O–H groups in total. The highest BCUT2D eigenvalue weighted by molar-refractivity contribution is 4.94. The standard InChI is InChI=1S/C27H51/c1-2-4-6-8-10-12-14-16-18-20-26-22-24-27(25-23-26)21-19-17-15-13-11-9-7-5-3-1/h26H,1-25H2. The summed E-state index contributed by atoms with van der Waals surface area (Å²) >= 11 is 0. The fraction of sp³-hybridized carbons (Fsp3) is 0.963. The van der Waals surface area contributed by atoms with Crippen LogP contribution in [0.3, 0.4) is 0 Å². The van der Waals surface area contributed by atoms with E-state index in [9.17, 15) is 0 Å². The van der Waals surface area contributed by atoms with Crippen LogP contribution < -0.4 is 0 Å². The van der Waals surface area contributed by atoms with E-state index in [1.54, 1.807) is 0 Å². The van der Waals surface area contributed by atoms with Gasteiger partial charge in [0.15, 0.2) is 0 Å². The predicted octanol–water partition coefficient (Wildman–Crippen LogP) is 9.96. The van der Waals surface area contributed by atoms with Crippen molar-refractivity contribution in [1.29, 1.82) is 0 Å². The van der Waals surface area contributed by atoms with Crippen molar-refractivity contribution in [3.05, 3.63) is 5.92 Å². The lowest BCUT2D eigenvalue weighted by molar-refractivity contribution is 0.333. The summed E-state index contributed by atoms with van der Waals surface area (Å²) in [6.07, 6.45) is 37.5. The average molecular weight is 376 g/mol. The van der Waals surface area contributed by atoms with Crippen molar-refractivity contribution in [3.63, 3.8) is 0 Å². The Hall–Kier alpha value is 0. The van der Waals surface area contributed by atoms with Gasteiger partial charge >= 0.3 is 0 Å². The largest absolute Gasteiger partial charge is 0.0533 e. The van der Waals surface area contributed by atoms with Crippen molar-refractivity contribution in [2.45, 2.75) is 161 Å². The first kappa shape index (κ1) is 23.3. The second-order valence-corrected chi connectivity index (χ2v) is 9.95. The van der Waals surface area contributed by atoms with Crippen LogP contribution in [0.4, 0.5) is 0 Å². The van der Waals surface area contributed by atoms with E-state index in [2.05, 4.69) is 0 Å². The van der Waals surface area contributed by atoms with E-state index < -0.39 is 0 Å². The maximum absolute atomic E-state index is 1.93. The Labute approximate surface area is 172 Å². The molecule has 0 nitrogen and oxygen atoms in total. The zero-order valence-corrected chi connectivity index (χ0v) is 18.8. The van der Waals surface area contributed by atoms with Crippen molar-refractivity contribution >= 4 is 0 Å². The van der Waals surface area contributed by atoms with Crippen molar-refractivity contribution < 1.29 is 0 Å². The number of hydrogen-bond acceptors (Lipinski definition) is 0. The predicted molar refractivity (Wildman–Crippen MR) is 122 cm³/mol. The third kappa shape index (κ3) is 13.0. The minimum absolute atomic E-state index is 1.07. The number of fused-ring (bicyclic) bond motifs is 22. The minimum atomic E-state index is 1.07. The van der Waals surface area contributed by atoms with Crippen molar-refractivity contribution in [2.75, 3.05) is 0 Å². The number of hydrogen-bond donors (Lipinski definition) is 0. The molecule has 0 heterocycles. The third-order valence-corrected chi connectivity index (χ3v) is 7.45. The zero-order valence-electron chi connectivity index (χ0n) is 18.8. The molecule has 0 amide bonds. The molecule has 0 unspecified atom stereocenters. The van der Waals surface area contributed by atoms with Gasteiger partial charge in [0.25, 0.3) is 0 Å². The Balaban J connectivity index is 1.56. The molecule has 2 bridgehead atoms. The maximum Gasteiger partial charge on any atom is -0.0241 e. The molecule has 3 aliphatic rings. The van der Waals surface area contributed by atoms with Crippen LogP contribution in [0.25, 0.3) is 0 Å². The molecule has 159 valence electrons. The quantitative estimate of drug-likeness (QED) is 0.395. The van der Waals surface area contributed by atoms with Crippen LogP contribution >= 0.6 is 0 Å². The molecule has 3 fully saturated rings. The normalized spacial score (nSPS) is 26.2. The van der Waals surface area contributed by atoms with Crippen molar-refractivity contribution in [2.24, 2.45) is 5.92 Å². The van der Waals surface area contributed by atoms with Crippen molar-refractivity contribution in [1.82, 2.24) is 0 Å². The van der Waals surface area contributed by atoms with E-state index in [4.69, 9.17) is 0 Å². The molecule has 0 aromatic carbocycles. The molecule has 3 rings (SSSR count). The smallest absolute Gasteiger partial charge is 0.0241 e. The lowest BCUT2D eigenvalue weighted by atomic mass is 9.78. The fourth-order valence-electron chi connectivity index (χ4n) is 5.44. The van der Waals surface area contributed by atoms with Gasteiger partial charge in [-0.25, -0.2) is 0 Å². The Morgan fingerprint density at radius 3 is 1.04 bits per heavy atom. The molecule has 0 aliphatic heterocycles. The Morgan fingerprint density at radius 1 is 0.296 bits per heavy atom. The van der Waals surface area contributed by atoms with Crippen LogP contribution in [0.15, 0.2) is 0 Å². The summed E-state index contributed by atoms with van der Waals surface area (Å²) in [6, 6.07) is 0. The van der Waals surface area contributed by atoms with Gasteiger partial charge in [0.2, 0.25) is 0 Å². The first-order chi connectivity index (χ1) is 13.4. The molecule has 0 heteroatoms. The van der Waals surface area contributed by atoms with E-state index in [0.29, 0.717) is 0 Å². The highest BCUT2D eigenvalue weighted by Crippen LogP contribution is 2.36. The second kappa shape index (κ2) is 16.9. The molecule has 0 atom stereocenters. The lowest BCUT2D eigenvalue weighted by Gasteiger charge is -2.28. The molecule has 0 aromatic heterocycles.